The van der Waals surface area contributed by atoms with Gasteiger partial charge in [-0.1, -0.05) is 0 Å². The SMILES string of the molecule is NC(=O)N1CCC(F)C1. The highest BCUT2D eigenvalue weighted by Gasteiger charge is 2.23. The first-order valence-electron chi connectivity index (χ1n) is 2.88. The number of urea groups is 1. The Labute approximate surface area is 52.6 Å². The number of hydrogen-bond acceptors (Lipinski definition) is 1. The molecule has 2 N–H and O–H groups in total. The van der Waals surface area contributed by atoms with E-state index in [1.54, 1.807) is 0 Å². The van der Waals surface area contributed by atoms with Crippen LogP contribution in [0.3, 0.4) is 0 Å². The van der Waals surface area contributed by atoms with Crippen molar-refractivity contribution in [3.05, 3.63) is 0 Å². The molecular formula is C5H9FN2O. The molecule has 3 nitrogen and oxygen atoms in total. The minimum atomic E-state index is -0.863. The molecule has 1 saturated heterocycles. The smallest absolute Gasteiger partial charge is 0.314 e. The van der Waals surface area contributed by atoms with Crippen LogP contribution in [0.1, 0.15) is 6.42 Å². The number of rotatable bonds is 0. The third-order valence-electron chi connectivity index (χ3n) is 1.44. The molecule has 0 aromatic carbocycles. The molecule has 0 aromatic heterocycles. The van der Waals surface area contributed by atoms with Crippen LogP contribution in [0.25, 0.3) is 0 Å². The molecule has 1 fully saturated rings. The zero-order chi connectivity index (χ0) is 6.85. The molecule has 1 aliphatic rings. The summed E-state index contributed by atoms with van der Waals surface area (Å²) < 4.78 is 12.3. The van der Waals surface area contributed by atoms with E-state index in [4.69, 9.17) is 5.73 Å². The number of halogens is 1. The number of nitrogens with zero attached hydrogens (tertiary/aromatic N) is 1. The van der Waals surface area contributed by atoms with Crippen molar-refractivity contribution >= 4 is 6.03 Å². The van der Waals surface area contributed by atoms with Crippen LogP contribution in [0.2, 0.25) is 0 Å². The van der Waals surface area contributed by atoms with Gasteiger partial charge in [0.05, 0.1) is 6.54 Å². The Morgan fingerprint density at radius 2 is 2.44 bits per heavy atom. The Morgan fingerprint density at radius 3 is 2.67 bits per heavy atom. The second-order valence-electron chi connectivity index (χ2n) is 2.17. The normalized spacial score (nSPS) is 26.8. The monoisotopic (exact) mass is 132 g/mol. The summed E-state index contributed by atoms with van der Waals surface area (Å²) in [6.45, 7) is 0.645. The average Bonchev–Trinajstić information content (AvgIpc) is 2.14. The minimum Gasteiger partial charge on any atom is -0.351 e. The second-order valence-corrected chi connectivity index (χ2v) is 2.17. The average molecular weight is 132 g/mol. The number of hydrogen-bond donors (Lipinski definition) is 1. The van der Waals surface area contributed by atoms with Crippen LogP contribution in [-0.4, -0.2) is 30.2 Å². The summed E-state index contributed by atoms with van der Waals surface area (Å²) in [4.78, 5) is 11.6. The van der Waals surface area contributed by atoms with Gasteiger partial charge in [0.25, 0.3) is 0 Å². The molecule has 1 heterocycles. The maximum Gasteiger partial charge on any atom is 0.314 e. The molecule has 1 aliphatic heterocycles. The zero-order valence-electron chi connectivity index (χ0n) is 5.01. The maximum atomic E-state index is 12.3. The molecule has 0 spiro atoms. The van der Waals surface area contributed by atoms with Crippen molar-refractivity contribution in [3.8, 4) is 0 Å². The predicted octanol–water partition coefficient (Wildman–Crippen LogP) is 0.109. The number of carbonyl (C=O) groups is 1. The topological polar surface area (TPSA) is 46.3 Å². The molecule has 4 heteroatoms. The van der Waals surface area contributed by atoms with Gasteiger partial charge in [0.15, 0.2) is 0 Å². The third kappa shape index (κ3) is 1.31. The summed E-state index contributed by atoms with van der Waals surface area (Å²) in [6.07, 6.45) is -0.430. The fourth-order valence-electron chi connectivity index (χ4n) is 0.918. The lowest BCUT2D eigenvalue weighted by molar-refractivity contribution is 0.214. The third-order valence-corrected chi connectivity index (χ3v) is 1.44. The Hall–Kier alpha value is -0.800. The van der Waals surface area contributed by atoms with Gasteiger partial charge < -0.3 is 10.6 Å². The van der Waals surface area contributed by atoms with Crippen LogP contribution in [0, 0.1) is 0 Å². The molecule has 0 bridgehead atoms. The van der Waals surface area contributed by atoms with Gasteiger partial charge in [-0.2, -0.15) is 0 Å². The summed E-state index contributed by atoms with van der Waals surface area (Å²) in [5.41, 5.74) is 4.88. The largest absolute Gasteiger partial charge is 0.351 e. The van der Waals surface area contributed by atoms with E-state index < -0.39 is 12.2 Å². The van der Waals surface area contributed by atoms with Gasteiger partial charge in [0.2, 0.25) is 0 Å². The zero-order valence-corrected chi connectivity index (χ0v) is 5.01. The van der Waals surface area contributed by atoms with Crippen LogP contribution >= 0.6 is 0 Å². The van der Waals surface area contributed by atoms with Crippen molar-refractivity contribution in [2.75, 3.05) is 13.1 Å². The van der Waals surface area contributed by atoms with Gasteiger partial charge in [-0.25, -0.2) is 9.18 Å². The molecule has 0 aliphatic carbocycles. The molecule has 9 heavy (non-hydrogen) atoms. The number of alkyl halides is 1. The lowest BCUT2D eigenvalue weighted by Gasteiger charge is -2.09. The summed E-state index contributed by atoms with van der Waals surface area (Å²) in [6, 6.07) is -0.518. The molecule has 1 unspecified atom stereocenters. The summed E-state index contributed by atoms with van der Waals surface area (Å²) in [5.74, 6) is 0. The molecule has 1 rings (SSSR count). The first-order valence-corrected chi connectivity index (χ1v) is 2.88. The summed E-state index contributed by atoms with van der Waals surface area (Å²) in [7, 11) is 0. The van der Waals surface area contributed by atoms with Crippen molar-refractivity contribution in [2.24, 2.45) is 5.73 Å². The highest BCUT2D eigenvalue weighted by atomic mass is 19.1. The van der Waals surface area contributed by atoms with Gasteiger partial charge in [0, 0.05) is 6.54 Å². The van der Waals surface area contributed by atoms with Crippen LogP contribution < -0.4 is 5.73 Å². The van der Waals surface area contributed by atoms with Gasteiger partial charge in [0.1, 0.15) is 6.17 Å². The lowest BCUT2D eigenvalue weighted by Crippen LogP contribution is -2.33. The Balaban J connectivity index is 2.39. The van der Waals surface area contributed by atoms with E-state index in [2.05, 4.69) is 0 Å². The number of carbonyl (C=O) groups excluding carboxylic acids is 1. The molecule has 0 aromatic rings. The van der Waals surface area contributed by atoms with Crippen LogP contribution in [0.15, 0.2) is 0 Å². The quantitative estimate of drug-likeness (QED) is 0.499. The molecular weight excluding hydrogens is 123 g/mol. The Bertz CT molecular complexity index is 128. The Morgan fingerprint density at radius 1 is 1.78 bits per heavy atom. The van der Waals surface area contributed by atoms with Gasteiger partial charge >= 0.3 is 6.03 Å². The van der Waals surface area contributed by atoms with Gasteiger partial charge in [-0.3, -0.25) is 0 Å². The molecule has 52 valence electrons. The highest BCUT2D eigenvalue weighted by molar-refractivity contribution is 5.72. The van der Waals surface area contributed by atoms with Gasteiger partial charge in [-0.05, 0) is 6.42 Å². The minimum absolute atomic E-state index is 0.176. The first-order chi connectivity index (χ1) is 4.20. The molecule has 2 amide bonds. The van der Waals surface area contributed by atoms with Crippen molar-refractivity contribution in [2.45, 2.75) is 12.6 Å². The first kappa shape index (κ1) is 6.32. The predicted molar refractivity (Wildman–Crippen MR) is 30.7 cm³/mol. The molecule has 0 saturated carbocycles. The number of primary amides is 1. The fraction of sp³-hybridized carbons (Fsp3) is 0.800. The second kappa shape index (κ2) is 2.21. The van der Waals surface area contributed by atoms with Crippen molar-refractivity contribution in [3.63, 3.8) is 0 Å². The standard InChI is InChI=1S/C5H9FN2O/c6-4-1-2-8(3-4)5(7)9/h4H,1-3H2,(H2,7,9). The number of amides is 2. The van der Waals surface area contributed by atoms with E-state index in [1.165, 1.54) is 4.90 Å². The molecule has 1 atom stereocenters. The fourth-order valence-corrected chi connectivity index (χ4v) is 0.918. The van der Waals surface area contributed by atoms with Crippen LogP contribution in [0.4, 0.5) is 9.18 Å². The van der Waals surface area contributed by atoms with Crippen molar-refractivity contribution < 1.29 is 9.18 Å². The van der Waals surface area contributed by atoms with E-state index >= 15 is 0 Å². The van der Waals surface area contributed by atoms with Crippen molar-refractivity contribution in [1.82, 2.24) is 4.90 Å². The summed E-state index contributed by atoms with van der Waals surface area (Å²) >= 11 is 0. The Kier molecular flexibility index (Phi) is 1.55. The maximum absolute atomic E-state index is 12.3. The van der Waals surface area contributed by atoms with Crippen LogP contribution in [-0.2, 0) is 0 Å². The van der Waals surface area contributed by atoms with E-state index in [9.17, 15) is 9.18 Å². The lowest BCUT2D eigenvalue weighted by atomic mass is 10.3. The van der Waals surface area contributed by atoms with Crippen LogP contribution in [0.5, 0.6) is 0 Å². The van der Waals surface area contributed by atoms with Gasteiger partial charge in [-0.15, -0.1) is 0 Å². The molecule has 0 radical (unpaired) electrons. The van der Waals surface area contributed by atoms with E-state index in [-0.39, 0.29) is 6.54 Å². The van der Waals surface area contributed by atoms with E-state index in [1.807, 2.05) is 0 Å². The number of likely N-dealkylation sites (tertiary alicyclic amines) is 1. The van der Waals surface area contributed by atoms with Crippen molar-refractivity contribution in [1.29, 1.82) is 0 Å². The number of nitrogens with two attached hydrogens (primary N) is 1. The van der Waals surface area contributed by atoms with E-state index in [0.717, 1.165) is 0 Å². The summed E-state index contributed by atoms with van der Waals surface area (Å²) in [5, 5.41) is 0. The van der Waals surface area contributed by atoms with E-state index in [0.29, 0.717) is 13.0 Å². The highest BCUT2D eigenvalue weighted by Crippen LogP contribution is 2.10.